The highest BCUT2D eigenvalue weighted by Crippen LogP contribution is 2.23. The lowest BCUT2D eigenvalue weighted by Crippen LogP contribution is -2.21. The summed E-state index contributed by atoms with van der Waals surface area (Å²) in [6.45, 7) is 7.40. The normalized spacial score (nSPS) is 11.6. The summed E-state index contributed by atoms with van der Waals surface area (Å²) < 4.78 is 0. The number of hydrogen-bond acceptors (Lipinski definition) is 4. The summed E-state index contributed by atoms with van der Waals surface area (Å²) in [6, 6.07) is 6.32. The van der Waals surface area contributed by atoms with Crippen molar-refractivity contribution in [1.82, 2.24) is 25.1 Å². The first-order valence-corrected chi connectivity index (χ1v) is 7.21. The third-order valence-corrected chi connectivity index (χ3v) is 3.75. The van der Waals surface area contributed by atoms with Crippen molar-refractivity contribution >= 4 is 16.7 Å². The molecule has 6 nitrogen and oxygen atoms in total. The second-order valence-corrected chi connectivity index (χ2v) is 5.10. The van der Waals surface area contributed by atoms with Gasteiger partial charge in [-0.25, -0.2) is 4.98 Å². The molecule has 0 unspecified atom stereocenters. The van der Waals surface area contributed by atoms with Gasteiger partial charge in [0.1, 0.15) is 5.69 Å². The molecular weight excluding hydrogens is 264 g/mol. The topological polar surface area (TPSA) is 86.6 Å². The molecule has 0 radical (unpaired) electrons. The molecule has 2 aromatic heterocycles. The Bertz CT molecular complexity index is 738. The van der Waals surface area contributed by atoms with Gasteiger partial charge < -0.3 is 10.7 Å². The molecule has 3 aromatic rings. The summed E-state index contributed by atoms with van der Waals surface area (Å²) in [5.41, 5.74) is 10.4. The van der Waals surface area contributed by atoms with Gasteiger partial charge in [-0.05, 0) is 30.8 Å². The highest BCUT2D eigenvalue weighted by molar-refractivity contribution is 5.81. The number of hydrogen-bond donors (Lipinski definition) is 3. The summed E-state index contributed by atoms with van der Waals surface area (Å²) >= 11 is 0. The number of anilines is 1. The molecule has 0 spiro atoms. The number of imidazole rings is 1. The Morgan fingerprint density at radius 3 is 2.71 bits per heavy atom. The van der Waals surface area contributed by atoms with Crippen LogP contribution in [0.5, 0.6) is 0 Å². The van der Waals surface area contributed by atoms with Gasteiger partial charge in [0.2, 0.25) is 0 Å². The van der Waals surface area contributed by atoms with Crippen molar-refractivity contribution in [3.8, 4) is 11.5 Å². The van der Waals surface area contributed by atoms with Crippen LogP contribution in [0.25, 0.3) is 22.6 Å². The predicted octanol–water partition coefficient (Wildman–Crippen LogP) is 2.38. The van der Waals surface area contributed by atoms with Crippen LogP contribution in [0.2, 0.25) is 0 Å². The molecule has 0 aliphatic rings. The van der Waals surface area contributed by atoms with Crippen LogP contribution in [0.4, 0.5) is 5.69 Å². The van der Waals surface area contributed by atoms with Crippen molar-refractivity contribution < 1.29 is 0 Å². The number of nitrogen functional groups attached to an aromatic ring is 1. The first kappa shape index (κ1) is 13.6. The fourth-order valence-electron chi connectivity index (χ4n) is 2.46. The van der Waals surface area contributed by atoms with Gasteiger partial charge in [-0.15, -0.1) is 0 Å². The standard InChI is InChI=1S/C15H20N6/c1-3-21(4-2)9-10-5-6-12-13(7-10)19-15(18-12)14-11(16)8-17-20-14/h5-8H,3-4,9,16H2,1-2H3,(H,17,20)(H,18,19). The fourth-order valence-corrected chi connectivity index (χ4v) is 2.46. The fraction of sp³-hybridized carbons (Fsp3) is 0.333. The lowest BCUT2D eigenvalue weighted by molar-refractivity contribution is 0.296. The SMILES string of the molecule is CCN(CC)Cc1ccc2nc(-c3[nH]ncc3N)[nH]c2c1. The molecule has 0 amide bonds. The second kappa shape index (κ2) is 5.57. The molecule has 0 bridgehead atoms. The molecule has 0 saturated carbocycles. The monoisotopic (exact) mass is 284 g/mol. The number of nitrogens with zero attached hydrogens (tertiary/aromatic N) is 3. The summed E-state index contributed by atoms with van der Waals surface area (Å²) in [6.07, 6.45) is 1.59. The molecule has 0 aliphatic heterocycles. The molecule has 0 fully saturated rings. The Morgan fingerprint density at radius 2 is 2.05 bits per heavy atom. The number of H-pyrrole nitrogens is 2. The third-order valence-electron chi connectivity index (χ3n) is 3.75. The molecule has 0 aliphatic carbocycles. The maximum Gasteiger partial charge on any atom is 0.158 e. The maximum atomic E-state index is 5.87. The zero-order chi connectivity index (χ0) is 14.8. The highest BCUT2D eigenvalue weighted by Gasteiger charge is 2.11. The first-order valence-electron chi connectivity index (χ1n) is 7.21. The van der Waals surface area contributed by atoms with E-state index in [9.17, 15) is 0 Å². The molecule has 3 rings (SSSR count). The Balaban J connectivity index is 1.94. The van der Waals surface area contributed by atoms with Crippen LogP contribution < -0.4 is 5.73 Å². The Morgan fingerprint density at radius 1 is 1.24 bits per heavy atom. The summed E-state index contributed by atoms with van der Waals surface area (Å²) in [5.74, 6) is 0.722. The zero-order valence-corrected chi connectivity index (χ0v) is 12.3. The number of aromatic nitrogens is 4. The van der Waals surface area contributed by atoms with E-state index in [0.29, 0.717) is 5.69 Å². The third kappa shape index (κ3) is 2.62. The molecule has 6 heteroatoms. The molecule has 0 atom stereocenters. The van der Waals surface area contributed by atoms with Gasteiger partial charge in [0, 0.05) is 6.54 Å². The summed E-state index contributed by atoms with van der Waals surface area (Å²) in [7, 11) is 0. The van der Waals surface area contributed by atoms with Crippen LogP contribution in [0.1, 0.15) is 19.4 Å². The second-order valence-electron chi connectivity index (χ2n) is 5.10. The van der Waals surface area contributed by atoms with Gasteiger partial charge in [-0.3, -0.25) is 10.00 Å². The Kier molecular flexibility index (Phi) is 3.62. The average molecular weight is 284 g/mol. The van der Waals surface area contributed by atoms with Gasteiger partial charge in [0.25, 0.3) is 0 Å². The maximum absolute atomic E-state index is 5.87. The number of nitrogens with one attached hydrogen (secondary N) is 2. The molecule has 2 heterocycles. The van der Waals surface area contributed by atoms with E-state index in [0.717, 1.165) is 42.2 Å². The number of rotatable bonds is 5. The number of aromatic amines is 2. The van der Waals surface area contributed by atoms with Gasteiger partial charge >= 0.3 is 0 Å². The van der Waals surface area contributed by atoms with Crippen molar-refractivity contribution in [1.29, 1.82) is 0 Å². The Labute approximate surface area is 123 Å². The minimum atomic E-state index is 0.595. The lowest BCUT2D eigenvalue weighted by Gasteiger charge is -2.17. The molecule has 4 N–H and O–H groups in total. The van der Waals surface area contributed by atoms with E-state index in [4.69, 9.17) is 5.73 Å². The molecule has 1 aromatic carbocycles. The lowest BCUT2D eigenvalue weighted by atomic mass is 10.2. The zero-order valence-electron chi connectivity index (χ0n) is 12.3. The summed E-state index contributed by atoms with van der Waals surface area (Å²) in [5, 5.41) is 6.80. The van der Waals surface area contributed by atoms with Crippen molar-refractivity contribution in [2.24, 2.45) is 0 Å². The van der Waals surface area contributed by atoms with Crippen molar-refractivity contribution in [3.05, 3.63) is 30.0 Å². The first-order chi connectivity index (χ1) is 10.2. The highest BCUT2D eigenvalue weighted by atomic mass is 15.1. The van der Waals surface area contributed by atoms with E-state index in [1.807, 2.05) is 6.07 Å². The van der Waals surface area contributed by atoms with E-state index in [-0.39, 0.29) is 0 Å². The number of benzene rings is 1. The Hall–Kier alpha value is -2.34. The van der Waals surface area contributed by atoms with E-state index < -0.39 is 0 Å². The number of fused-ring (bicyclic) bond motifs is 1. The van der Waals surface area contributed by atoms with Crippen LogP contribution in [-0.4, -0.2) is 38.2 Å². The molecule has 0 saturated heterocycles. The van der Waals surface area contributed by atoms with Gasteiger partial charge in [-0.2, -0.15) is 5.10 Å². The van der Waals surface area contributed by atoms with Gasteiger partial charge in [0.15, 0.2) is 5.82 Å². The molecule has 21 heavy (non-hydrogen) atoms. The minimum Gasteiger partial charge on any atom is -0.396 e. The van der Waals surface area contributed by atoms with Crippen LogP contribution in [-0.2, 0) is 6.54 Å². The van der Waals surface area contributed by atoms with E-state index in [1.165, 1.54) is 5.56 Å². The predicted molar refractivity (Wildman–Crippen MR) is 84.7 cm³/mol. The quantitative estimate of drug-likeness (QED) is 0.671. The van der Waals surface area contributed by atoms with Crippen LogP contribution in [0.3, 0.4) is 0 Å². The van der Waals surface area contributed by atoms with Crippen molar-refractivity contribution in [3.63, 3.8) is 0 Å². The van der Waals surface area contributed by atoms with E-state index in [1.54, 1.807) is 6.20 Å². The molecule has 110 valence electrons. The minimum absolute atomic E-state index is 0.595. The smallest absolute Gasteiger partial charge is 0.158 e. The van der Waals surface area contributed by atoms with Crippen molar-refractivity contribution in [2.75, 3.05) is 18.8 Å². The van der Waals surface area contributed by atoms with Crippen LogP contribution >= 0.6 is 0 Å². The van der Waals surface area contributed by atoms with E-state index in [2.05, 4.69) is 51.0 Å². The summed E-state index contributed by atoms with van der Waals surface area (Å²) in [4.78, 5) is 10.2. The van der Waals surface area contributed by atoms with E-state index >= 15 is 0 Å². The van der Waals surface area contributed by atoms with Crippen LogP contribution in [0.15, 0.2) is 24.4 Å². The van der Waals surface area contributed by atoms with Gasteiger partial charge in [0.05, 0.1) is 22.9 Å². The average Bonchev–Trinajstić information content (AvgIpc) is 3.09. The largest absolute Gasteiger partial charge is 0.396 e. The van der Waals surface area contributed by atoms with Crippen LogP contribution in [0, 0.1) is 0 Å². The molecular formula is C15H20N6. The number of nitrogens with two attached hydrogens (primary N) is 1. The van der Waals surface area contributed by atoms with Gasteiger partial charge in [-0.1, -0.05) is 19.9 Å². The van der Waals surface area contributed by atoms with Crippen molar-refractivity contribution in [2.45, 2.75) is 20.4 Å².